The van der Waals surface area contributed by atoms with Crippen molar-refractivity contribution in [1.82, 2.24) is 9.88 Å². The van der Waals surface area contributed by atoms with Gasteiger partial charge in [-0.1, -0.05) is 25.1 Å². The van der Waals surface area contributed by atoms with Crippen LogP contribution in [0.1, 0.15) is 41.6 Å². The van der Waals surface area contributed by atoms with Crippen molar-refractivity contribution in [3.8, 4) is 0 Å². The summed E-state index contributed by atoms with van der Waals surface area (Å²) in [5.41, 5.74) is 2.44. The number of anilines is 1. The number of hydrogen-bond donors (Lipinski definition) is 1. The number of likely N-dealkylation sites (tertiary alicyclic amines) is 1. The van der Waals surface area contributed by atoms with Crippen molar-refractivity contribution in [1.29, 1.82) is 0 Å². The number of carbonyl (C=O) groups is 1. The van der Waals surface area contributed by atoms with Crippen LogP contribution in [0.3, 0.4) is 0 Å². The van der Waals surface area contributed by atoms with Crippen molar-refractivity contribution in [2.24, 2.45) is 5.92 Å². The summed E-state index contributed by atoms with van der Waals surface area (Å²) in [6.45, 7) is 5.68. The number of amides is 1. The number of methoxy groups -OCH3 is 1. The number of aromatic nitrogens is 1. The highest BCUT2D eigenvalue weighted by atomic mass is 32.1. The van der Waals surface area contributed by atoms with E-state index in [4.69, 9.17) is 9.15 Å². The summed E-state index contributed by atoms with van der Waals surface area (Å²) in [7, 11) is 1.61. The molecule has 4 rings (SSSR count). The Morgan fingerprint density at radius 1 is 1.36 bits per heavy atom. The molecule has 1 fully saturated rings. The molecule has 1 aromatic carbocycles. The maximum Gasteiger partial charge on any atom is 0.293 e. The molecular formula is C21H25N3O3S. The van der Waals surface area contributed by atoms with Gasteiger partial charge < -0.3 is 9.15 Å². The molecule has 3 heterocycles. The molecule has 0 unspecified atom stereocenters. The first-order chi connectivity index (χ1) is 13.6. The summed E-state index contributed by atoms with van der Waals surface area (Å²) in [5, 5.41) is 6.39. The SMILES string of the molecule is COCc1c(C(=O)Nc2nc(CN3CCC(C)CC3)cs2)oc2ccccc12. The standard InChI is InChI=1S/C21H25N3O3S/c1-14-7-9-24(10-8-14)11-15-13-28-21(22-15)23-20(25)19-17(12-26-2)16-5-3-4-6-18(16)27-19/h3-6,13-14H,7-12H2,1-2H3,(H,22,23,25). The van der Waals surface area contributed by atoms with E-state index in [9.17, 15) is 4.79 Å². The fourth-order valence-electron chi connectivity index (χ4n) is 3.61. The first-order valence-electron chi connectivity index (χ1n) is 9.61. The van der Waals surface area contributed by atoms with Gasteiger partial charge in [-0.05, 0) is 37.9 Å². The number of piperidine rings is 1. The highest BCUT2D eigenvalue weighted by Gasteiger charge is 2.22. The lowest BCUT2D eigenvalue weighted by molar-refractivity contribution is 0.0992. The molecule has 28 heavy (non-hydrogen) atoms. The third-order valence-corrected chi connectivity index (χ3v) is 6.03. The van der Waals surface area contributed by atoms with E-state index in [-0.39, 0.29) is 11.7 Å². The Kier molecular flexibility index (Phi) is 5.75. The van der Waals surface area contributed by atoms with E-state index in [1.807, 2.05) is 29.6 Å². The Morgan fingerprint density at radius 2 is 2.14 bits per heavy atom. The third kappa shape index (κ3) is 4.11. The summed E-state index contributed by atoms with van der Waals surface area (Å²) in [5.74, 6) is 0.799. The number of carbonyl (C=O) groups excluding carboxylic acids is 1. The minimum absolute atomic E-state index is 0.282. The second kappa shape index (κ2) is 8.43. The van der Waals surface area contributed by atoms with Crippen molar-refractivity contribution >= 4 is 33.3 Å². The molecule has 1 aliphatic rings. The molecule has 1 N–H and O–H groups in total. The minimum Gasteiger partial charge on any atom is -0.451 e. The summed E-state index contributed by atoms with van der Waals surface area (Å²) in [6.07, 6.45) is 2.48. The van der Waals surface area contributed by atoms with Crippen LogP contribution in [0.15, 0.2) is 34.1 Å². The third-order valence-electron chi connectivity index (χ3n) is 5.23. The fraction of sp³-hybridized carbons (Fsp3) is 0.429. The average molecular weight is 400 g/mol. The Bertz CT molecular complexity index is 957. The zero-order valence-electron chi connectivity index (χ0n) is 16.2. The van der Waals surface area contributed by atoms with E-state index in [0.29, 0.717) is 17.3 Å². The molecule has 0 aliphatic carbocycles. The first-order valence-corrected chi connectivity index (χ1v) is 10.5. The number of para-hydroxylation sites is 1. The van der Waals surface area contributed by atoms with Crippen LogP contribution in [0.2, 0.25) is 0 Å². The van der Waals surface area contributed by atoms with Gasteiger partial charge in [0.2, 0.25) is 0 Å². The quantitative estimate of drug-likeness (QED) is 0.660. The number of thiazole rings is 1. The van der Waals surface area contributed by atoms with E-state index < -0.39 is 0 Å². The maximum atomic E-state index is 12.8. The van der Waals surface area contributed by atoms with Gasteiger partial charge in [-0.25, -0.2) is 4.98 Å². The molecule has 3 aromatic rings. The zero-order chi connectivity index (χ0) is 19.5. The van der Waals surface area contributed by atoms with Crippen molar-refractivity contribution in [2.45, 2.75) is 32.9 Å². The number of hydrogen-bond acceptors (Lipinski definition) is 6. The summed E-state index contributed by atoms with van der Waals surface area (Å²) in [6, 6.07) is 7.60. The van der Waals surface area contributed by atoms with Gasteiger partial charge >= 0.3 is 0 Å². The summed E-state index contributed by atoms with van der Waals surface area (Å²) < 4.78 is 11.1. The molecule has 2 aromatic heterocycles. The van der Waals surface area contributed by atoms with Gasteiger partial charge in [0, 0.05) is 30.0 Å². The summed E-state index contributed by atoms with van der Waals surface area (Å²) in [4.78, 5) is 19.8. The van der Waals surface area contributed by atoms with E-state index in [1.165, 1.54) is 24.2 Å². The number of fused-ring (bicyclic) bond motifs is 1. The molecular weight excluding hydrogens is 374 g/mol. The lowest BCUT2D eigenvalue weighted by Gasteiger charge is -2.29. The van der Waals surface area contributed by atoms with Crippen molar-refractivity contribution in [3.63, 3.8) is 0 Å². The predicted octanol–water partition coefficient (Wildman–Crippen LogP) is 4.52. The number of nitrogens with one attached hydrogen (secondary N) is 1. The van der Waals surface area contributed by atoms with Crippen LogP contribution < -0.4 is 5.32 Å². The minimum atomic E-state index is -0.295. The number of ether oxygens (including phenoxy) is 1. The average Bonchev–Trinajstić information content (AvgIpc) is 3.29. The van der Waals surface area contributed by atoms with Gasteiger partial charge in [-0.15, -0.1) is 11.3 Å². The van der Waals surface area contributed by atoms with Crippen LogP contribution in [-0.2, 0) is 17.9 Å². The molecule has 0 saturated carbocycles. The highest BCUT2D eigenvalue weighted by molar-refractivity contribution is 7.13. The smallest absolute Gasteiger partial charge is 0.293 e. The van der Waals surface area contributed by atoms with E-state index in [1.54, 1.807) is 7.11 Å². The Morgan fingerprint density at radius 3 is 2.93 bits per heavy atom. The van der Waals surface area contributed by atoms with Crippen LogP contribution in [-0.4, -0.2) is 36.0 Å². The molecule has 148 valence electrons. The fourth-order valence-corrected chi connectivity index (χ4v) is 4.31. The first kappa shape index (κ1) is 19.1. The van der Waals surface area contributed by atoms with Gasteiger partial charge in [-0.3, -0.25) is 15.0 Å². The Balaban J connectivity index is 1.46. The van der Waals surface area contributed by atoms with Crippen LogP contribution in [0.4, 0.5) is 5.13 Å². The maximum absolute atomic E-state index is 12.8. The van der Waals surface area contributed by atoms with Crippen LogP contribution >= 0.6 is 11.3 Å². The molecule has 0 bridgehead atoms. The predicted molar refractivity (Wildman–Crippen MR) is 111 cm³/mol. The number of furan rings is 1. The molecule has 1 aliphatic heterocycles. The van der Waals surface area contributed by atoms with Crippen LogP contribution in [0.25, 0.3) is 11.0 Å². The topological polar surface area (TPSA) is 67.6 Å². The van der Waals surface area contributed by atoms with E-state index in [2.05, 4.69) is 22.1 Å². The van der Waals surface area contributed by atoms with E-state index >= 15 is 0 Å². The van der Waals surface area contributed by atoms with Crippen LogP contribution in [0.5, 0.6) is 0 Å². The van der Waals surface area contributed by atoms with Crippen molar-refractivity contribution in [3.05, 3.63) is 46.7 Å². The molecule has 1 saturated heterocycles. The van der Waals surface area contributed by atoms with Crippen molar-refractivity contribution in [2.75, 3.05) is 25.5 Å². The molecule has 1 amide bonds. The van der Waals surface area contributed by atoms with Gasteiger partial charge in [0.15, 0.2) is 10.9 Å². The lowest BCUT2D eigenvalue weighted by atomic mass is 9.99. The van der Waals surface area contributed by atoms with Gasteiger partial charge in [0.25, 0.3) is 5.91 Å². The second-order valence-electron chi connectivity index (χ2n) is 7.40. The molecule has 6 nitrogen and oxygen atoms in total. The number of rotatable bonds is 6. The number of benzene rings is 1. The zero-order valence-corrected chi connectivity index (χ0v) is 17.1. The molecule has 0 spiro atoms. The Labute approximate surface area is 168 Å². The lowest BCUT2D eigenvalue weighted by Crippen LogP contribution is -2.32. The summed E-state index contributed by atoms with van der Waals surface area (Å²) >= 11 is 1.45. The highest BCUT2D eigenvalue weighted by Crippen LogP contribution is 2.28. The van der Waals surface area contributed by atoms with E-state index in [0.717, 1.165) is 42.2 Å². The van der Waals surface area contributed by atoms with Gasteiger partial charge in [0.1, 0.15) is 5.58 Å². The monoisotopic (exact) mass is 399 g/mol. The molecule has 7 heteroatoms. The van der Waals surface area contributed by atoms with Crippen molar-refractivity contribution < 1.29 is 13.9 Å². The molecule has 0 radical (unpaired) electrons. The van der Waals surface area contributed by atoms with Gasteiger partial charge in [0.05, 0.1) is 12.3 Å². The van der Waals surface area contributed by atoms with Crippen LogP contribution in [0, 0.1) is 5.92 Å². The Hall–Kier alpha value is -2.22. The molecule has 0 atom stereocenters. The largest absolute Gasteiger partial charge is 0.451 e. The number of nitrogens with zero attached hydrogens (tertiary/aromatic N) is 2. The van der Waals surface area contributed by atoms with Gasteiger partial charge in [-0.2, -0.15) is 0 Å². The second-order valence-corrected chi connectivity index (χ2v) is 8.25. The normalized spacial score (nSPS) is 15.9.